The second-order valence-corrected chi connectivity index (χ2v) is 7.70. The van der Waals surface area contributed by atoms with Crippen LogP contribution in [-0.2, 0) is 9.53 Å². The summed E-state index contributed by atoms with van der Waals surface area (Å²) in [4.78, 5) is 25.7. The van der Waals surface area contributed by atoms with Gasteiger partial charge in [-0.2, -0.15) is 5.26 Å². The summed E-state index contributed by atoms with van der Waals surface area (Å²) in [5, 5.41) is 15.5. The molecule has 0 spiro atoms. The maximum Gasteiger partial charge on any atom is 0.340 e. The Morgan fingerprint density at radius 2 is 1.52 bits per heavy atom. The Labute approximate surface area is 170 Å². The number of amides is 1. The summed E-state index contributed by atoms with van der Waals surface area (Å²) in [5.41, 5.74) is -0.602. The fraction of sp³-hybridized carbons (Fsp3) is 0.292. The molecule has 29 heavy (non-hydrogen) atoms. The third-order valence-corrected chi connectivity index (χ3v) is 5.40. The number of benzene rings is 3. The highest BCUT2D eigenvalue weighted by molar-refractivity contribution is 6.16. The summed E-state index contributed by atoms with van der Waals surface area (Å²) < 4.78 is 5.52. The van der Waals surface area contributed by atoms with Gasteiger partial charge >= 0.3 is 5.97 Å². The number of carbonyl (C=O) groups excluding carboxylic acids is 2. The van der Waals surface area contributed by atoms with Crippen LogP contribution in [0.2, 0.25) is 0 Å². The molecule has 148 valence electrons. The monoisotopic (exact) mass is 388 g/mol. The van der Waals surface area contributed by atoms with Crippen LogP contribution in [0.1, 0.15) is 38.1 Å². The molecule has 2 atom stereocenters. The number of fused-ring (bicyclic) bond motifs is 2. The molecular formula is C24H24N2O3. The predicted molar refractivity (Wildman–Crippen MR) is 113 cm³/mol. The van der Waals surface area contributed by atoms with Crippen molar-refractivity contribution in [3.63, 3.8) is 0 Å². The highest BCUT2D eigenvalue weighted by atomic mass is 16.5. The largest absolute Gasteiger partial charge is 0.449 e. The van der Waals surface area contributed by atoms with Gasteiger partial charge in [0.1, 0.15) is 5.54 Å². The smallest absolute Gasteiger partial charge is 0.340 e. The first kappa shape index (κ1) is 20.3. The first-order valence-electron chi connectivity index (χ1n) is 9.61. The van der Waals surface area contributed by atoms with Crippen LogP contribution in [0, 0.1) is 17.2 Å². The van der Waals surface area contributed by atoms with E-state index in [9.17, 15) is 14.9 Å². The molecule has 3 aromatic rings. The van der Waals surface area contributed by atoms with Gasteiger partial charge in [0.15, 0.2) is 6.10 Å². The summed E-state index contributed by atoms with van der Waals surface area (Å²) >= 11 is 0. The lowest BCUT2D eigenvalue weighted by Crippen LogP contribution is -2.52. The minimum Gasteiger partial charge on any atom is -0.449 e. The van der Waals surface area contributed by atoms with E-state index in [0.717, 1.165) is 21.5 Å². The summed E-state index contributed by atoms with van der Waals surface area (Å²) in [5.74, 6) is -1.16. The van der Waals surface area contributed by atoms with Gasteiger partial charge in [0.25, 0.3) is 5.91 Å². The van der Waals surface area contributed by atoms with Crippen LogP contribution in [0.3, 0.4) is 0 Å². The van der Waals surface area contributed by atoms with Crippen LogP contribution in [0.15, 0.2) is 54.6 Å². The van der Waals surface area contributed by atoms with E-state index in [1.807, 2.05) is 68.4 Å². The molecular weight excluding hydrogens is 364 g/mol. The quantitative estimate of drug-likeness (QED) is 0.512. The molecule has 1 amide bonds. The normalized spacial score (nSPS) is 14.2. The number of nitrogens with zero attached hydrogens (tertiary/aromatic N) is 1. The van der Waals surface area contributed by atoms with E-state index < -0.39 is 23.5 Å². The maximum atomic E-state index is 13.1. The van der Waals surface area contributed by atoms with Gasteiger partial charge in [0.05, 0.1) is 11.6 Å². The van der Waals surface area contributed by atoms with Crippen LogP contribution in [0.25, 0.3) is 21.5 Å². The Hall–Kier alpha value is -3.39. The van der Waals surface area contributed by atoms with Crippen molar-refractivity contribution in [1.82, 2.24) is 5.32 Å². The Kier molecular flexibility index (Phi) is 5.56. The van der Waals surface area contributed by atoms with Crippen LogP contribution in [-0.4, -0.2) is 23.5 Å². The van der Waals surface area contributed by atoms with Crippen molar-refractivity contribution < 1.29 is 14.3 Å². The number of nitriles is 1. The van der Waals surface area contributed by atoms with E-state index >= 15 is 0 Å². The number of hydrogen-bond acceptors (Lipinski definition) is 4. The van der Waals surface area contributed by atoms with E-state index in [0.29, 0.717) is 5.56 Å². The van der Waals surface area contributed by atoms with Crippen molar-refractivity contribution >= 4 is 33.4 Å². The molecule has 0 aliphatic heterocycles. The molecule has 3 rings (SSSR count). The van der Waals surface area contributed by atoms with Crippen LogP contribution < -0.4 is 5.32 Å². The molecule has 0 fully saturated rings. The molecule has 0 aliphatic carbocycles. The number of nitrogens with one attached hydrogen (secondary N) is 1. The average Bonchev–Trinajstić information content (AvgIpc) is 2.71. The Balaban J connectivity index is 1.93. The van der Waals surface area contributed by atoms with Crippen molar-refractivity contribution in [2.45, 2.75) is 39.3 Å². The highest BCUT2D eigenvalue weighted by Gasteiger charge is 2.33. The number of rotatable bonds is 5. The van der Waals surface area contributed by atoms with E-state index in [1.165, 1.54) is 6.92 Å². The summed E-state index contributed by atoms with van der Waals surface area (Å²) in [7, 11) is 0. The lowest BCUT2D eigenvalue weighted by molar-refractivity contribution is -0.130. The van der Waals surface area contributed by atoms with Crippen LogP contribution in [0.5, 0.6) is 0 Å². The molecule has 0 radical (unpaired) electrons. The zero-order chi connectivity index (χ0) is 21.2. The SMILES string of the molecule is CC(C)[C@](C)(C#N)NC(=O)[C@H](C)OC(=O)c1c2ccccc2cc2ccccc12. The lowest BCUT2D eigenvalue weighted by atomic mass is 9.90. The highest BCUT2D eigenvalue weighted by Crippen LogP contribution is 2.29. The van der Waals surface area contributed by atoms with Gasteiger partial charge in [0.2, 0.25) is 0 Å². The number of hydrogen-bond donors (Lipinski definition) is 1. The lowest BCUT2D eigenvalue weighted by Gasteiger charge is -2.28. The first-order valence-corrected chi connectivity index (χ1v) is 9.61. The third kappa shape index (κ3) is 3.93. The minimum absolute atomic E-state index is 0.0960. The van der Waals surface area contributed by atoms with Crippen molar-refractivity contribution in [3.8, 4) is 6.07 Å². The van der Waals surface area contributed by atoms with E-state index in [2.05, 4.69) is 11.4 Å². The maximum absolute atomic E-state index is 13.1. The molecule has 0 saturated heterocycles. The zero-order valence-corrected chi connectivity index (χ0v) is 17.0. The average molecular weight is 388 g/mol. The molecule has 0 bridgehead atoms. The molecule has 0 aromatic heterocycles. The Bertz CT molecular complexity index is 1080. The molecule has 0 heterocycles. The number of ether oxygens (including phenoxy) is 1. The van der Waals surface area contributed by atoms with E-state index in [4.69, 9.17) is 4.74 Å². The van der Waals surface area contributed by atoms with Gasteiger partial charge in [-0.1, -0.05) is 62.4 Å². The van der Waals surface area contributed by atoms with E-state index in [1.54, 1.807) is 6.92 Å². The van der Waals surface area contributed by atoms with Crippen molar-refractivity contribution in [3.05, 3.63) is 60.2 Å². The molecule has 5 heteroatoms. The number of carbonyl (C=O) groups is 2. The molecule has 5 nitrogen and oxygen atoms in total. The van der Waals surface area contributed by atoms with Crippen molar-refractivity contribution in [1.29, 1.82) is 5.26 Å². The van der Waals surface area contributed by atoms with Gasteiger partial charge in [-0.25, -0.2) is 4.79 Å². The van der Waals surface area contributed by atoms with Crippen molar-refractivity contribution in [2.75, 3.05) is 0 Å². The topological polar surface area (TPSA) is 79.2 Å². The first-order chi connectivity index (χ1) is 13.8. The summed E-state index contributed by atoms with van der Waals surface area (Å²) in [6.07, 6.45) is -1.04. The second-order valence-electron chi connectivity index (χ2n) is 7.70. The number of esters is 1. The van der Waals surface area contributed by atoms with Crippen LogP contribution >= 0.6 is 0 Å². The summed E-state index contributed by atoms with van der Waals surface area (Å²) in [6, 6.07) is 19.3. The predicted octanol–water partition coefficient (Wildman–Crippen LogP) is 4.59. The zero-order valence-electron chi connectivity index (χ0n) is 17.0. The third-order valence-electron chi connectivity index (χ3n) is 5.40. The fourth-order valence-corrected chi connectivity index (χ4v) is 3.17. The summed E-state index contributed by atoms with van der Waals surface area (Å²) in [6.45, 7) is 6.87. The second kappa shape index (κ2) is 7.92. The molecule has 0 unspecified atom stereocenters. The molecule has 3 aromatic carbocycles. The van der Waals surface area contributed by atoms with Gasteiger partial charge in [-0.15, -0.1) is 0 Å². The molecule has 1 N–H and O–H groups in total. The van der Waals surface area contributed by atoms with E-state index in [-0.39, 0.29) is 5.92 Å². The Morgan fingerprint density at radius 1 is 1.00 bits per heavy atom. The van der Waals surface area contributed by atoms with Gasteiger partial charge in [0, 0.05) is 0 Å². The standard InChI is InChI=1S/C24H24N2O3/c1-15(2)24(4,14-25)26-22(27)16(3)29-23(28)21-19-11-7-5-9-17(19)13-18-10-6-8-12-20(18)21/h5-13,15-16H,1-4H3,(H,26,27)/t16-,24-/m0/s1. The molecule has 0 saturated carbocycles. The van der Waals surface area contributed by atoms with Gasteiger partial charge in [-0.05, 0) is 47.4 Å². The van der Waals surface area contributed by atoms with Crippen molar-refractivity contribution in [2.24, 2.45) is 5.92 Å². The molecule has 0 aliphatic rings. The Morgan fingerprint density at radius 3 is 2.00 bits per heavy atom. The minimum atomic E-state index is -1.04. The van der Waals surface area contributed by atoms with Crippen LogP contribution in [0.4, 0.5) is 0 Å². The van der Waals surface area contributed by atoms with Gasteiger partial charge < -0.3 is 10.1 Å². The fourth-order valence-electron chi connectivity index (χ4n) is 3.17. The van der Waals surface area contributed by atoms with Gasteiger partial charge in [-0.3, -0.25) is 4.79 Å².